The molecule has 0 bridgehead atoms. The Hall–Kier alpha value is -1.49. The van der Waals surface area contributed by atoms with E-state index in [1.807, 2.05) is 13.0 Å². The van der Waals surface area contributed by atoms with Crippen molar-refractivity contribution >= 4 is 5.97 Å². The van der Waals surface area contributed by atoms with Crippen LogP contribution in [0.2, 0.25) is 0 Å². The van der Waals surface area contributed by atoms with E-state index in [1.165, 1.54) is 7.11 Å². The molecule has 2 heterocycles. The molecule has 1 aromatic rings. The second-order valence-electron chi connectivity index (χ2n) is 4.49. The predicted molar refractivity (Wildman–Crippen MR) is 65.3 cm³/mol. The number of aromatic nitrogens is 2. The molecule has 5 nitrogen and oxygen atoms in total. The van der Waals surface area contributed by atoms with E-state index in [-0.39, 0.29) is 12.4 Å². The van der Waals surface area contributed by atoms with Crippen molar-refractivity contribution in [3.8, 4) is 0 Å². The molecule has 0 aliphatic carbocycles. The largest absolute Gasteiger partial charge is 0.469 e. The molecule has 0 atom stereocenters. The lowest BCUT2D eigenvalue weighted by Crippen LogP contribution is -2.17. The van der Waals surface area contributed by atoms with Gasteiger partial charge in [0.15, 0.2) is 0 Å². The predicted octanol–water partition coefficient (Wildman–Crippen LogP) is 1.39. The molecule has 0 N–H and O–H groups in total. The maximum atomic E-state index is 11.3. The van der Waals surface area contributed by atoms with Gasteiger partial charge in [-0.2, -0.15) is 0 Å². The highest BCUT2D eigenvalue weighted by Gasteiger charge is 2.19. The molecule has 1 aliphatic heterocycles. The van der Waals surface area contributed by atoms with Crippen molar-refractivity contribution in [3.05, 3.63) is 23.3 Å². The first-order chi connectivity index (χ1) is 8.69. The maximum absolute atomic E-state index is 11.3. The van der Waals surface area contributed by atoms with E-state index >= 15 is 0 Å². The normalized spacial score (nSPS) is 16.6. The molecular formula is C13H18N2O3. The molecule has 5 heteroatoms. The number of carbonyl (C=O) groups is 1. The molecule has 2 rings (SSSR count). The van der Waals surface area contributed by atoms with Crippen molar-refractivity contribution in [2.24, 2.45) is 0 Å². The van der Waals surface area contributed by atoms with Crippen LogP contribution in [0.4, 0.5) is 0 Å². The first-order valence-electron chi connectivity index (χ1n) is 6.18. The third-order valence-electron chi connectivity index (χ3n) is 3.09. The van der Waals surface area contributed by atoms with Gasteiger partial charge in [0.1, 0.15) is 12.2 Å². The van der Waals surface area contributed by atoms with Crippen molar-refractivity contribution < 1.29 is 14.3 Å². The lowest BCUT2D eigenvalue weighted by atomic mass is 9.96. The molecule has 0 saturated carbocycles. The fourth-order valence-electron chi connectivity index (χ4n) is 2.14. The molecule has 1 fully saturated rings. The summed E-state index contributed by atoms with van der Waals surface area (Å²) in [4.78, 5) is 20.0. The summed E-state index contributed by atoms with van der Waals surface area (Å²) in [6.07, 6.45) is 2.09. The molecule has 98 valence electrons. The van der Waals surface area contributed by atoms with Gasteiger partial charge in [-0.15, -0.1) is 0 Å². The van der Waals surface area contributed by atoms with Crippen LogP contribution >= 0.6 is 0 Å². The molecule has 0 amide bonds. The van der Waals surface area contributed by atoms with Gasteiger partial charge in [-0.3, -0.25) is 4.79 Å². The number of hydrogen-bond acceptors (Lipinski definition) is 5. The van der Waals surface area contributed by atoms with Crippen LogP contribution in [0.25, 0.3) is 0 Å². The van der Waals surface area contributed by atoms with Crippen LogP contribution in [0.3, 0.4) is 0 Å². The summed E-state index contributed by atoms with van der Waals surface area (Å²) in [5, 5.41) is 0. The average Bonchev–Trinajstić information content (AvgIpc) is 2.39. The second kappa shape index (κ2) is 5.91. The third kappa shape index (κ3) is 3.26. The number of rotatable bonds is 3. The van der Waals surface area contributed by atoms with Gasteiger partial charge in [0.05, 0.1) is 7.11 Å². The van der Waals surface area contributed by atoms with E-state index in [1.54, 1.807) is 0 Å². The SMILES string of the molecule is COC(=O)Cc1nc(C)cc(C2CCOCC2)n1. The zero-order valence-electron chi connectivity index (χ0n) is 10.8. The minimum absolute atomic E-state index is 0.133. The van der Waals surface area contributed by atoms with Crippen LogP contribution in [-0.2, 0) is 20.7 Å². The second-order valence-corrected chi connectivity index (χ2v) is 4.49. The van der Waals surface area contributed by atoms with Gasteiger partial charge in [-0.1, -0.05) is 0 Å². The summed E-state index contributed by atoms with van der Waals surface area (Å²) in [5.74, 6) is 0.652. The fraction of sp³-hybridized carbons (Fsp3) is 0.615. The number of esters is 1. The van der Waals surface area contributed by atoms with Gasteiger partial charge in [-0.05, 0) is 25.8 Å². The number of carbonyl (C=O) groups excluding carboxylic acids is 1. The Kier molecular flexibility index (Phi) is 4.25. The van der Waals surface area contributed by atoms with E-state index in [4.69, 9.17) is 4.74 Å². The Balaban J connectivity index is 2.17. The van der Waals surface area contributed by atoms with Gasteiger partial charge < -0.3 is 9.47 Å². The standard InChI is InChI=1S/C13H18N2O3/c1-9-7-11(10-3-5-18-6-4-10)15-12(14-9)8-13(16)17-2/h7,10H,3-6,8H2,1-2H3. The Morgan fingerprint density at radius 1 is 1.44 bits per heavy atom. The van der Waals surface area contributed by atoms with Crippen LogP contribution in [0.5, 0.6) is 0 Å². The molecule has 0 spiro atoms. The van der Waals surface area contributed by atoms with Crippen LogP contribution in [-0.4, -0.2) is 36.3 Å². The quantitative estimate of drug-likeness (QED) is 0.759. The van der Waals surface area contributed by atoms with Crippen molar-refractivity contribution in [2.75, 3.05) is 20.3 Å². The van der Waals surface area contributed by atoms with Gasteiger partial charge in [0, 0.05) is 30.5 Å². The van der Waals surface area contributed by atoms with E-state index in [2.05, 4.69) is 14.7 Å². The molecule has 1 saturated heterocycles. The van der Waals surface area contributed by atoms with E-state index in [9.17, 15) is 4.79 Å². The highest BCUT2D eigenvalue weighted by atomic mass is 16.5. The van der Waals surface area contributed by atoms with Gasteiger partial charge in [0.25, 0.3) is 0 Å². The number of hydrogen-bond donors (Lipinski definition) is 0. The first kappa shape index (κ1) is 13.0. The smallest absolute Gasteiger partial charge is 0.313 e. The van der Waals surface area contributed by atoms with E-state index < -0.39 is 0 Å². The minimum atomic E-state index is -0.307. The van der Waals surface area contributed by atoms with Gasteiger partial charge >= 0.3 is 5.97 Å². The van der Waals surface area contributed by atoms with Gasteiger partial charge in [0.2, 0.25) is 0 Å². The molecular weight excluding hydrogens is 232 g/mol. The topological polar surface area (TPSA) is 61.3 Å². The average molecular weight is 250 g/mol. The molecule has 0 aromatic carbocycles. The van der Waals surface area contributed by atoms with Crippen molar-refractivity contribution in [1.29, 1.82) is 0 Å². The van der Waals surface area contributed by atoms with Gasteiger partial charge in [-0.25, -0.2) is 9.97 Å². The Morgan fingerprint density at radius 2 is 2.17 bits per heavy atom. The molecule has 18 heavy (non-hydrogen) atoms. The van der Waals surface area contributed by atoms with E-state index in [0.29, 0.717) is 11.7 Å². The molecule has 0 unspecified atom stereocenters. The van der Waals surface area contributed by atoms with Crippen molar-refractivity contribution in [2.45, 2.75) is 32.1 Å². The van der Waals surface area contributed by atoms with Crippen molar-refractivity contribution in [3.63, 3.8) is 0 Å². The van der Waals surface area contributed by atoms with Crippen LogP contribution in [0.15, 0.2) is 6.07 Å². The highest BCUT2D eigenvalue weighted by molar-refractivity contribution is 5.71. The zero-order chi connectivity index (χ0) is 13.0. The lowest BCUT2D eigenvalue weighted by molar-refractivity contribution is -0.139. The Morgan fingerprint density at radius 3 is 2.83 bits per heavy atom. The van der Waals surface area contributed by atoms with Crippen LogP contribution in [0.1, 0.15) is 36.0 Å². The summed E-state index contributed by atoms with van der Waals surface area (Å²) in [5.41, 5.74) is 1.91. The summed E-state index contributed by atoms with van der Waals surface area (Å²) in [6.45, 7) is 3.48. The zero-order valence-corrected chi connectivity index (χ0v) is 10.8. The number of ether oxygens (including phenoxy) is 2. The van der Waals surface area contributed by atoms with Crippen LogP contribution in [0, 0.1) is 6.92 Å². The summed E-state index contributed by atoms with van der Waals surface area (Å²) < 4.78 is 9.99. The molecule has 1 aliphatic rings. The Bertz CT molecular complexity index is 428. The summed E-state index contributed by atoms with van der Waals surface area (Å²) >= 11 is 0. The van der Waals surface area contributed by atoms with Crippen LogP contribution < -0.4 is 0 Å². The third-order valence-corrected chi connectivity index (χ3v) is 3.09. The van der Waals surface area contributed by atoms with Crippen molar-refractivity contribution in [1.82, 2.24) is 9.97 Å². The Labute approximate surface area is 107 Å². The molecule has 0 radical (unpaired) electrons. The first-order valence-corrected chi connectivity index (χ1v) is 6.18. The lowest BCUT2D eigenvalue weighted by Gasteiger charge is -2.22. The number of aryl methyl sites for hydroxylation is 1. The number of methoxy groups -OCH3 is 1. The maximum Gasteiger partial charge on any atom is 0.313 e. The summed E-state index contributed by atoms with van der Waals surface area (Å²) in [7, 11) is 1.37. The van der Waals surface area contributed by atoms with E-state index in [0.717, 1.165) is 37.4 Å². The minimum Gasteiger partial charge on any atom is -0.469 e. The molecule has 1 aromatic heterocycles. The highest BCUT2D eigenvalue weighted by Crippen LogP contribution is 2.25. The monoisotopic (exact) mass is 250 g/mol. The fourth-order valence-corrected chi connectivity index (χ4v) is 2.14. The summed E-state index contributed by atoms with van der Waals surface area (Å²) in [6, 6.07) is 2.00. The number of nitrogens with zero attached hydrogens (tertiary/aromatic N) is 2.